The number of alkyl halides is 3. The van der Waals surface area contributed by atoms with Gasteiger partial charge in [0.25, 0.3) is 0 Å². The minimum Gasteiger partial charge on any atom is -0.253 e. The third-order valence-corrected chi connectivity index (χ3v) is 5.46. The van der Waals surface area contributed by atoms with Crippen LogP contribution in [-0.4, -0.2) is 24.0 Å². The van der Waals surface area contributed by atoms with Crippen molar-refractivity contribution in [2.75, 3.05) is 0 Å². The second-order valence-electron chi connectivity index (χ2n) is 5.36. The van der Waals surface area contributed by atoms with Gasteiger partial charge in [0.2, 0.25) is 0 Å². The van der Waals surface area contributed by atoms with E-state index < -0.39 is 15.1 Å². The van der Waals surface area contributed by atoms with Crippen molar-refractivity contribution >= 4 is 34.8 Å². The van der Waals surface area contributed by atoms with E-state index in [1.807, 2.05) is 0 Å². The summed E-state index contributed by atoms with van der Waals surface area (Å²) < 4.78 is 9.87. The summed E-state index contributed by atoms with van der Waals surface area (Å²) in [5.74, 6) is -0.426. The number of nitrogens with zero attached hydrogens (tertiary/aromatic N) is 3. The third kappa shape index (κ3) is 2.78. The predicted octanol–water partition coefficient (Wildman–Crippen LogP) is 3.64. The molecule has 3 rings (SSSR count). The first-order valence-corrected chi connectivity index (χ1v) is 7.37. The van der Waals surface area contributed by atoms with Gasteiger partial charge < -0.3 is 0 Å². The molecule has 3 nitrogen and oxygen atoms in total. The van der Waals surface area contributed by atoms with Crippen molar-refractivity contribution in [1.29, 1.82) is 0 Å². The molecule has 1 aromatic rings. The maximum absolute atomic E-state index is 8.75. The highest BCUT2D eigenvalue weighted by atomic mass is 35.5. The van der Waals surface area contributed by atoms with Crippen LogP contribution in [-0.2, 0) is 6.54 Å². The fourth-order valence-corrected chi connectivity index (χ4v) is 3.19. The molecule has 18 heavy (non-hydrogen) atoms. The molecule has 2 aliphatic carbocycles. The van der Waals surface area contributed by atoms with Crippen molar-refractivity contribution in [3.8, 4) is 0 Å². The zero-order chi connectivity index (χ0) is 13.7. The zero-order valence-electron chi connectivity index (χ0n) is 11.0. The third-order valence-electron chi connectivity index (χ3n) is 3.89. The Hall–Kier alpha value is 0.01000. The second kappa shape index (κ2) is 4.53. The lowest BCUT2D eigenvalue weighted by molar-refractivity contribution is 0.351. The molecular formula is C12H16Cl3N3. The van der Waals surface area contributed by atoms with Crippen molar-refractivity contribution in [3.05, 3.63) is 12.7 Å². The summed E-state index contributed by atoms with van der Waals surface area (Å²) in [6.45, 7) is 0.473. The Morgan fingerprint density at radius 1 is 1.44 bits per heavy atom. The lowest BCUT2D eigenvalue weighted by atomic mass is 9.95. The minimum absolute atomic E-state index is 0.301. The van der Waals surface area contributed by atoms with Crippen molar-refractivity contribution < 1.29 is 1.37 Å². The summed E-state index contributed by atoms with van der Waals surface area (Å²) in [5.41, 5.74) is 0. The molecular weight excluding hydrogens is 293 g/mol. The van der Waals surface area contributed by atoms with Crippen molar-refractivity contribution in [2.45, 2.75) is 47.9 Å². The molecule has 0 aromatic carbocycles. The van der Waals surface area contributed by atoms with Crippen molar-refractivity contribution in [1.82, 2.24) is 14.8 Å². The molecule has 0 unspecified atom stereocenters. The molecule has 0 N–H and O–H groups in total. The minimum atomic E-state index is -0.727. The molecule has 2 fully saturated rings. The van der Waals surface area contributed by atoms with Gasteiger partial charge in [-0.2, -0.15) is 5.10 Å². The Kier molecular flexibility index (Phi) is 2.97. The lowest BCUT2D eigenvalue weighted by Crippen LogP contribution is -2.23. The molecule has 0 spiro atoms. The smallest absolute Gasteiger partial charge is 0.137 e. The van der Waals surface area contributed by atoms with Gasteiger partial charge in [0, 0.05) is 12.8 Å². The van der Waals surface area contributed by atoms with Gasteiger partial charge in [0.05, 0.1) is 0 Å². The Morgan fingerprint density at radius 2 is 2.17 bits per heavy atom. The molecule has 0 bridgehead atoms. The molecule has 1 heterocycles. The van der Waals surface area contributed by atoms with Crippen molar-refractivity contribution in [3.63, 3.8) is 0 Å². The zero-order valence-corrected chi connectivity index (χ0v) is 12.2. The van der Waals surface area contributed by atoms with E-state index in [0.717, 1.165) is 25.7 Å². The number of aromatic nitrogens is 3. The van der Waals surface area contributed by atoms with Gasteiger partial charge in [-0.1, -0.05) is 0 Å². The van der Waals surface area contributed by atoms with Crippen LogP contribution in [0, 0.1) is 11.8 Å². The Morgan fingerprint density at radius 3 is 2.67 bits per heavy atom. The van der Waals surface area contributed by atoms with Crippen LogP contribution in [0.2, 0.25) is 0 Å². The maximum Gasteiger partial charge on any atom is 0.137 e. The van der Waals surface area contributed by atoms with E-state index >= 15 is 0 Å². The van der Waals surface area contributed by atoms with Crippen LogP contribution in [0.4, 0.5) is 0 Å². The topological polar surface area (TPSA) is 30.7 Å². The summed E-state index contributed by atoms with van der Waals surface area (Å²) in [5, 5.41) is 4.09. The molecule has 0 radical (unpaired) electrons. The van der Waals surface area contributed by atoms with E-state index in [4.69, 9.17) is 36.2 Å². The van der Waals surface area contributed by atoms with Gasteiger partial charge in [-0.25, -0.2) is 4.98 Å². The SMILES string of the molecule is [2H][C@](CC[C@@H]1CC1(Cl)Cl)(Cn1cncn1)C1(Cl)CC1. The van der Waals surface area contributed by atoms with Crippen molar-refractivity contribution in [2.24, 2.45) is 11.8 Å². The van der Waals surface area contributed by atoms with Crippen LogP contribution < -0.4 is 0 Å². The molecule has 2 saturated carbocycles. The first-order chi connectivity index (χ1) is 8.85. The molecule has 6 heteroatoms. The first-order valence-electron chi connectivity index (χ1n) is 6.74. The van der Waals surface area contributed by atoms with E-state index in [1.54, 1.807) is 11.0 Å². The van der Waals surface area contributed by atoms with E-state index in [1.165, 1.54) is 6.33 Å². The normalized spacial score (nSPS) is 31.5. The number of rotatable bonds is 6. The summed E-state index contributed by atoms with van der Waals surface area (Å²) >= 11 is 18.6. The number of hydrogen-bond acceptors (Lipinski definition) is 2. The quantitative estimate of drug-likeness (QED) is 0.751. The van der Waals surface area contributed by atoms with Gasteiger partial charge in [0.1, 0.15) is 17.0 Å². The molecule has 100 valence electrons. The van der Waals surface area contributed by atoms with Crippen LogP contribution in [0.3, 0.4) is 0 Å². The number of hydrogen-bond donors (Lipinski definition) is 0. The highest BCUT2D eigenvalue weighted by Crippen LogP contribution is 2.57. The molecule has 0 saturated heterocycles. The van der Waals surface area contributed by atoms with E-state index in [-0.39, 0.29) is 0 Å². The Labute approximate surface area is 123 Å². The largest absolute Gasteiger partial charge is 0.253 e. The standard InChI is InChI=1S/C12H16Cl3N3/c13-11(3-4-11)10(6-18-8-16-7-17-18)2-1-9-5-12(9,14)15/h7-10H,1-6H2/t9-,10+/m1/s1/i10D. The molecule has 0 aliphatic heterocycles. The van der Waals surface area contributed by atoms with Gasteiger partial charge in [-0.15, -0.1) is 34.8 Å². The van der Waals surface area contributed by atoms with E-state index in [9.17, 15) is 0 Å². The fraction of sp³-hybridized carbons (Fsp3) is 0.833. The van der Waals surface area contributed by atoms with Gasteiger partial charge in [-0.05, 0) is 43.9 Å². The van der Waals surface area contributed by atoms with E-state index in [0.29, 0.717) is 18.9 Å². The van der Waals surface area contributed by atoms with E-state index in [2.05, 4.69) is 10.1 Å². The maximum atomic E-state index is 8.75. The highest BCUT2D eigenvalue weighted by molar-refractivity contribution is 6.50. The van der Waals surface area contributed by atoms with Gasteiger partial charge in [-0.3, -0.25) is 4.68 Å². The average Bonchev–Trinajstić information content (AvgIpc) is 3.14. The monoisotopic (exact) mass is 308 g/mol. The molecule has 2 aliphatic rings. The fourth-order valence-electron chi connectivity index (χ4n) is 2.35. The number of halogens is 3. The van der Waals surface area contributed by atoms with Crippen LogP contribution in [0.25, 0.3) is 0 Å². The van der Waals surface area contributed by atoms with Crippen LogP contribution in [0.15, 0.2) is 12.7 Å². The summed E-state index contributed by atoms with van der Waals surface area (Å²) in [4.78, 5) is 3.50. The van der Waals surface area contributed by atoms with Gasteiger partial charge >= 0.3 is 0 Å². The Balaban J connectivity index is 1.67. The molecule has 0 amide bonds. The predicted molar refractivity (Wildman–Crippen MR) is 73.1 cm³/mol. The van der Waals surface area contributed by atoms with Crippen LogP contribution in [0.1, 0.15) is 33.5 Å². The molecule has 1 aromatic heterocycles. The van der Waals surface area contributed by atoms with Gasteiger partial charge in [0.15, 0.2) is 0 Å². The Bertz CT molecular complexity index is 461. The average molecular weight is 310 g/mol. The second-order valence-corrected chi connectivity index (χ2v) is 7.63. The highest BCUT2D eigenvalue weighted by Gasteiger charge is 2.53. The lowest BCUT2D eigenvalue weighted by Gasteiger charge is -2.21. The summed E-state index contributed by atoms with van der Waals surface area (Å²) in [6.07, 6.45) is 7.27. The van der Waals surface area contributed by atoms with Crippen LogP contribution >= 0.6 is 34.8 Å². The van der Waals surface area contributed by atoms with Crippen LogP contribution in [0.5, 0.6) is 0 Å². The first kappa shape index (κ1) is 11.8. The summed E-state index contributed by atoms with van der Waals surface area (Å²) in [7, 11) is 0. The molecule has 2 atom stereocenters. The summed E-state index contributed by atoms with van der Waals surface area (Å²) in [6, 6.07) is 0.